The lowest BCUT2D eigenvalue weighted by atomic mass is 10.1. The Bertz CT molecular complexity index is 166. The quantitative estimate of drug-likeness (QED) is 0.588. The van der Waals surface area contributed by atoms with Gasteiger partial charge in [0.05, 0.1) is 12.2 Å². The summed E-state index contributed by atoms with van der Waals surface area (Å²) >= 11 is 0. The zero-order chi connectivity index (χ0) is 8.97. The summed E-state index contributed by atoms with van der Waals surface area (Å²) in [6.45, 7) is 2.09. The number of hydrogen-bond acceptors (Lipinski definition) is 2. The van der Waals surface area contributed by atoms with Gasteiger partial charge in [0.2, 0.25) is 6.36 Å². The van der Waals surface area contributed by atoms with Crippen LogP contribution in [0.3, 0.4) is 0 Å². The van der Waals surface area contributed by atoms with Crippen LogP contribution in [0.1, 0.15) is 19.8 Å². The van der Waals surface area contributed by atoms with E-state index in [9.17, 15) is 4.39 Å². The molecule has 0 aromatic rings. The summed E-state index contributed by atoms with van der Waals surface area (Å²) in [5.41, 5.74) is 0. The van der Waals surface area contributed by atoms with Crippen LogP contribution in [0.5, 0.6) is 0 Å². The van der Waals surface area contributed by atoms with Crippen molar-refractivity contribution in [3.8, 4) is 12.3 Å². The average molecular weight is 172 g/mol. The minimum absolute atomic E-state index is 0.0727. The molecule has 2 nitrogen and oxygen atoms in total. The molecule has 0 radical (unpaired) electrons. The van der Waals surface area contributed by atoms with E-state index in [-0.39, 0.29) is 18.8 Å². The first-order valence-corrected chi connectivity index (χ1v) is 4.07. The molecule has 0 aromatic carbocycles. The second kappa shape index (κ2) is 4.44. The summed E-state index contributed by atoms with van der Waals surface area (Å²) in [5, 5.41) is 0. The van der Waals surface area contributed by atoms with Crippen molar-refractivity contribution in [1.82, 2.24) is 0 Å². The van der Waals surface area contributed by atoms with Crippen LogP contribution in [0.2, 0.25) is 0 Å². The minimum Gasteiger partial charge on any atom is -0.365 e. The van der Waals surface area contributed by atoms with Gasteiger partial charge in [-0.25, -0.2) is 4.39 Å². The molecule has 0 aromatic heterocycles. The van der Waals surface area contributed by atoms with E-state index in [1.807, 2.05) is 6.92 Å². The minimum atomic E-state index is -1.20. The number of hydrogen-bond donors (Lipinski definition) is 0. The number of rotatable bonds is 2. The van der Waals surface area contributed by atoms with Gasteiger partial charge in [-0.15, -0.1) is 6.42 Å². The molecule has 0 N–H and O–H groups in total. The van der Waals surface area contributed by atoms with Gasteiger partial charge >= 0.3 is 0 Å². The van der Waals surface area contributed by atoms with E-state index in [4.69, 9.17) is 15.9 Å². The molecule has 1 unspecified atom stereocenters. The molecule has 1 aliphatic rings. The van der Waals surface area contributed by atoms with Gasteiger partial charge in [-0.3, -0.25) is 0 Å². The van der Waals surface area contributed by atoms with Gasteiger partial charge in [-0.05, 0) is 13.3 Å². The maximum Gasteiger partial charge on any atom is 0.201 e. The highest BCUT2D eigenvalue weighted by Crippen LogP contribution is 2.22. The molecular formula is C9H13FO2. The third kappa shape index (κ3) is 2.80. The highest BCUT2D eigenvalue weighted by molar-refractivity contribution is 4.84. The largest absolute Gasteiger partial charge is 0.365 e. The lowest BCUT2D eigenvalue weighted by molar-refractivity contribution is -0.153. The van der Waals surface area contributed by atoms with Crippen LogP contribution >= 0.6 is 0 Å². The van der Waals surface area contributed by atoms with Gasteiger partial charge in [-0.1, -0.05) is 5.92 Å². The van der Waals surface area contributed by atoms with Gasteiger partial charge < -0.3 is 9.47 Å². The smallest absolute Gasteiger partial charge is 0.201 e. The standard InChI is InChI=1S/C9H13FO2/c1-3-4-11-8-5-7(2)12-9(10)6-8/h1,7-9H,4-6H2,2H3/t7-,8+,9?/m0/s1. The Morgan fingerprint density at radius 2 is 2.42 bits per heavy atom. The molecule has 3 atom stereocenters. The molecule has 1 aliphatic heterocycles. The van der Waals surface area contributed by atoms with Gasteiger partial charge in [0.1, 0.15) is 6.61 Å². The predicted octanol–water partition coefficient (Wildman–Crippen LogP) is 1.50. The van der Waals surface area contributed by atoms with Crippen LogP contribution in [-0.4, -0.2) is 25.2 Å². The van der Waals surface area contributed by atoms with Crippen LogP contribution in [0.4, 0.5) is 4.39 Å². The Balaban J connectivity index is 2.30. The zero-order valence-corrected chi connectivity index (χ0v) is 7.13. The molecule has 1 rings (SSSR count). The summed E-state index contributed by atoms with van der Waals surface area (Å²) in [4.78, 5) is 0. The van der Waals surface area contributed by atoms with Gasteiger partial charge in [0.15, 0.2) is 0 Å². The Hall–Kier alpha value is -0.590. The Kier molecular flexibility index (Phi) is 3.51. The van der Waals surface area contributed by atoms with Crippen molar-refractivity contribution in [3.63, 3.8) is 0 Å². The van der Waals surface area contributed by atoms with Crippen molar-refractivity contribution < 1.29 is 13.9 Å². The monoisotopic (exact) mass is 172 g/mol. The maximum absolute atomic E-state index is 12.8. The van der Waals surface area contributed by atoms with E-state index in [1.54, 1.807) is 0 Å². The van der Waals surface area contributed by atoms with Crippen LogP contribution in [-0.2, 0) is 9.47 Å². The van der Waals surface area contributed by atoms with Crippen LogP contribution < -0.4 is 0 Å². The van der Waals surface area contributed by atoms with Crippen molar-refractivity contribution in [1.29, 1.82) is 0 Å². The number of halogens is 1. The summed E-state index contributed by atoms with van der Waals surface area (Å²) in [7, 11) is 0. The van der Waals surface area contributed by atoms with Gasteiger partial charge in [-0.2, -0.15) is 0 Å². The van der Waals surface area contributed by atoms with E-state index in [2.05, 4.69) is 5.92 Å². The molecule has 0 bridgehead atoms. The molecular weight excluding hydrogens is 159 g/mol. The summed E-state index contributed by atoms with van der Waals surface area (Å²) in [6.07, 6.45) is 4.68. The fraction of sp³-hybridized carbons (Fsp3) is 0.778. The van der Waals surface area contributed by atoms with Gasteiger partial charge in [0, 0.05) is 6.42 Å². The Morgan fingerprint density at radius 1 is 1.67 bits per heavy atom. The molecule has 12 heavy (non-hydrogen) atoms. The van der Waals surface area contributed by atoms with E-state index < -0.39 is 6.36 Å². The van der Waals surface area contributed by atoms with Crippen LogP contribution in [0.25, 0.3) is 0 Å². The number of terminal acetylenes is 1. The second-order valence-electron chi connectivity index (χ2n) is 2.97. The first-order chi connectivity index (χ1) is 5.72. The summed E-state index contributed by atoms with van der Waals surface area (Å²) in [6, 6.07) is 0. The van der Waals surface area contributed by atoms with Crippen molar-refractivity contribution >= 4 is 0 Å². The molecule has 0 saturated carbocycles. The van der Waals surface area contributed by atoms with Crippen molar-refractivity contribution in [2.24, 2.45) is 0 Å². The molecule has 0 aliphatic carbocycles. The number of alkyl halides is 1. The highest BCUT2D eigenvalue weighted by atomic mass is 19.1. The zero-order valence-electron chi connectivity index (χ0n) is 7.13. The normalized spacial score (nSPS) is 35.9. The Labute approximate surface area is 72.0 Å². The fourth-order valence-corrected chi connectivity index (χ4v) is 1.34. The lowest BCUT2D eigenvalue weighted by Gasteiger charge is -2.29. The third-order valence-electron chi connectivity index (χ3n) is 1.83. The number of ether oxygens (including phenoxy) is 2. The fourth-order valence-electron chi connectivity index (χ4n) is 1.34. The maximum atomic E-state index is 12.8. The lowest BCUT2D eigenvalue weighted by Crippen LogP contribution is -2.33. The van der Waals surface area contributed by atoms with E-state index in [0.29, 0.717) is 6.42 Å². The van der Waals surface area contributed by atoms with Crippen LogP contribution in [0, 0.1) is 12.3 Å². The topological polar surface area (TPSA) is 18.5 Å². The molecule has 0 amide bonds. The third-order valence-corrected chi connectivity index (χ3v) is 1.83. The summed E-state index contributed by atoms with van der Waals surface area (Å²) in [5.74, 6) is 2.36. The molecule has 1 heterocycles. The molecule has 0 spiro atoms. The Morgan fingerprint density at radius 3 is 3.00 bits per heavy atom. The molecule has 3 heteroatoms. The molecule has 68 valence electrons. The van der Waals surface area contributed by atoms with Crippen molar-refractivity contribution in [2.45, 2.75) is 38.3 Å². The molecule has 1 saturated heterocycles. The van der Waals surface area contributed by atoms with Gasteiger partial charge in [0.25, 0.3) is 0 Å². The predicted molar refractivity (Wildman–Crippen MR) is 43.3 cm³/mol. The summed E-state index contributed by atoms with van der Waals surface area (Å²) < 4.78 is 22.9. The molecule has 1 fully saturated rings. The van der Waals surface area contributed by atoms with E-state index >= 15 is 0 Å². The average Bonchev–Trinajstić information content (AvgIpc) is 1.99. The SMILES string of the molecule is C#CCO[C@H]1CC(F)O[C@@H](C)C1. The van der Waals surface area contributed by atoms with Crippen molar-refractivity contribution in [3.05, 3.63) is 0 Å². The first-order valence-electron chi connectivity index (χ1n) is 4.07. The van der Waals surface area contributed by atoms with Crippen LogP contribution in [0.15, 0.2) is 0 Å². The van der Waals surface area contributed by atoms with E-state index in [1.165, 1.54) is 0 Å². The van der Waals surface area contributed by atoms with E-state index in [0.717, 1.165) is 6.42 Å². The second-order valence-corrected chi connectivity index (χ2v) is 2.97. The highest BCUT2D eigenvalue weighted by Gasteiger charge is 2.26. The van der Waals surface area contributed by atoms with Crippen molar-refractivity contribution in [2.75, 3.05) is 6.61 Å². The first kappa shape index (κ1) is 9.50.